The maximum atomic E-state index is 12.8. The average molecular weight is 665 g/mol. The van der Waals surface area contributed by atoms with E-state index in [-0.39, 0.29) is 23.2 Å². The second-order valence-corrected chi connectivity index (χ2v) is 11.0. The van der Waals surface area contributed by atoms with E-state index in [1.807, 2.05) is 63.1 Å². The lowest BCUT2D eigenvalue weighted by Gasteiger charge is -2.15. The lowest BCUT2D eigenvalue weighted by molar-refractivity contribution is 0.0688. The number of nitrogens with one attached hydrogen (secondary N) is 1. The van der Waals surface area contributed by atoms with Gasteiger partial charge in [-0.25, -0.2) is 19.7 Å². The highest BCUT2D eigenvalue weighted by molar-refractivity contribution is 6.33. The van der Waals surface area contributed by atoms with E-state index in [2.05, 4.69) is 20.3 Å². The Hall–Kier alpha value is -4.67. The molecule has 2 N–H and O–H groups in total. The first-order chi connectivity index (χ1) is 22.2. The van der Waals surface area contributed by atoms with E-state index in [1.165, 1.54) is 0 Å². The Labute approximate surface area is 277 Å². The highest BCUT2D eigenvalue weighted by atomic mass is 35.5. The van der Waals surface area contributed by atoms with Gasteiger partial charge in [0.1, 0.15) is 17.3 Å². The number of pyridine rings is 1. The highest BCUT2D eigenvalue weighted by Crippen LogP contribution is 2.30. The normalized spacial score (nSPS) is 10.7. The van der Waals surface area contributed by atoms with E-state index >= 15 is 0 Å². The fourth-order valence-corrected chi connectivity index (χ4v) is 4.81. The van der Waals surface area contributed by atoms with E-state index < -0.39 is 5.97 Å². The van der Waals surface area contributed by atoms with Crippen LogP contribution in [0.1, 0.15) is 66.1 Å². The molecular weight excluding hydrogens is 629 g/mol. The minimum Gasteiger partial charge on any atom is -0.476 e. The summed E-state index contributed by atoms with van der Waals surface area (Å²) in [5.41, 5.74) is 2.10. The zero-order chi connectivity index (χ0) is 33.2. The van der Waals surface area contributed by atoms with Gasteiger partial charge in [-0.2, -0.15) is 0 Å². The number of rotatable bonds is 11. The summed E-state index contributed by atoms with van der Waals surface area (Å²) in [7, 11) is 1.96. The maximum Gasteiger partial charge on any atom is 0.358 e. The minimum atomic E-state index is -1.08. The van der Waals surface area contributed by atoms with Crippen molar-refractivity contribution in [1.82, 2.24) is 15.0 Å². The summed E-state index contributed by atoms with van der Waals surface area (Å²) in [6.45, 7) is 6.87. The molecule has 0 unspecified atom stereocenters. The summed E-state index contributed by atoms with van der Waals surface area (Å²) in [5, 5.41) is 12.9. The van der Waals surface area contributed by atoms with Gasteiger partial charge in [-0.15, -0.1) is 0 Å². The zero-order valence-electron chi connectivity index (χ0n) is 26.0. The molecule has 3 aromatic heterocycles. The summed E-state index contributed by atoms with van der Waals surface area (Å²) in [6.07, 6.45) is 4.40. The first-order valence-corrected chi connectivity index (χ1v) is 15.6. The topological polar surface area (TPSA) is 135 Å². The Kier molecular flexibility index (Phi) is 11.9. The van der Waals surface area contributed by atoms with E-state index in [0.29, 0.717) is 57.1 Å². The lowest BCUT2D eigenvalue weighted by Crippen LogP contribution is -2.18. The van der Waals surface area contributed by atoms with Crippen LogP contribution in [0.4, 0.5) is 11.5 Å². The van der Waals surface area contributed by atoms with Crippen LogP contribution >= 0.6 is 23.2 Å². The van der Waals surface area contributed by atoms with Gasteiger partial charge in [-0.3, -0.25) is 4.79 Å². The Morgan fingerprint density at radius 2 is 1.33 bits per heavy atom. The number of carbonyl (C=O) groups excluding carboxylic acids is 1. The van der Waals surface area contributed by atoms with E-state index in [1.54, 1.807) is 36.5 Å². The third kappa shape index (κ3) is 8.32. The molecule has 0 aliphatic carbocycles. The van der Waals surface area contributed by atoms with Crippen LogP contribution in [-0.4, -0.2) is 45.5 Å². The van der Waals surface area contributed by atoms with Crippen LogP contribution in [0.25, 0.3) is 22.9 Å². The molecule has 0 aliphatic heterocycles. The number of anilines is 2. The standard InChI is InChI=1S/C21H23ClN4O2.C13H12ClNO3/c1-4-8-17-19(25-21(28-17)15-9-6-7-10-16(15)22)20(27)24-14-11-12-18(23-13-14)26(3)5-2;1-2-5-10-11(13(16)17)15-12(18-10)8-6-3-4-7-9(8)14/h6-7,9-13H,4-5,8H2,1-3H3,(H,24,27);3-4,6-7H,2,5H2,1H3,(H,16,17). The summed E-state index contributed by atoms with van der Waals surface area (Å²) in [4.78, 5) is 38.7. The Bertz CT molecular complexity index is 1790. The Balaban J connectivity index is 0.000000230. The number of hydrogen-bond donors (Lipinski definition) is 2. The number of halogens is 2. The number of nitrogens with zero attached hydrogens (tertiary/aromatic N) is 4. The average Bonchev–Trinajstić information content (AvgIpc) is 3.67. The van der Waals surface area contributed by atoms with Crippen LogP contribution in [0.2, 0.25) is 10.0 Å². The smallest absolute Gasteiger partial charge is 0.358 e. The van der Waals surface area contributed by atoms with Gasteiger partial charge in [0.2, 0.25) is 11.8 Å². The van der Waals surface area contributed by atoms with Gasteiger partial charge in [0, 0.05) is 26.4 Å². The number of carboxylic acid groups (broad SMARTS) is 1. The van der Waals surface area contributed by atoms with Crippen molar-refractivity contribution in [2.24, 2.45) is 0 Å². The predicted molar refractivity (Wildman–Crippen MR) is 180 cm³/mol. The van der Waals surface area contributed by atoms with Crippen LogP contribution in [0, 0.1) is 0 Å². The molecule has 5 aromatic rings. The minimum absolute atomic E-state index is 0.0354. The molecule has 0 radical (unpaired) electrons. The van der Waals surface area contributed by atoms with Crippen molar-refractivity contribution in [2.75, 3.05) is 23.8 Å². The fraction of sp³-hybridized carbons (Fsp3) is 0.265. The van der Waals surface area contributed by atoms with Crippen molar-refractivity contribution < 1.29 is 23.5 Å². The van der Waals surface area contributed by atoms with Gasteiger partial charge in [0.25, 0.3) is 5.91 Å². The van der Waals surface area contributed by atoms with Crippen molar-refractivity contribution in [3.8, 4) is 22.9 Å². The number of aryl methyl sites for hydroxylation is 2. The van der Waals surface area contributed by atoms with Crippen LogP contribution in [0.15, 0.2) is 75.7 Å². The van der Waals surface area contributed by atoms with E-state index in [9.17, 15) is 9.59 Å². The SMILES string of the molecule is CCCc1oc(-c2ccccc2Cl)nc1C(=O)Nc1ccc(N(C)CC)nc1.CCCc1oc(-c2ccccc2Cl)nc1C(=O)O. The number of benzene rings is 2. The van der Waals surface area contributed by atoms with Crippen molar-refractivity contribution in [3.63, 3.8) is 0 Å². The fourth-order valence-electron chi connectivity index (χ4n) is 4.38. The van der Waals surface area contributed by atoms with Crippen molar-refractivity contribution in [1.29, 1.82) is 0 Å². The van der Waals surface area contributed by atoms with Gasteiger partial charge in [0.15, 0.2) is 11.4 Å². The molecule has 12 heteroatoms. The third-order valence-electron chi connectivity index (χ3n) is 6.85. The molecule has 0 saturated heterocycles. The van der Waals surface area contributed by atoms with E-state index in [0.717, 1.165) is 25.2 Å². The molecule has 10 nitrogen and oxygen atoms in total. The van der Waals surface area contributed by atoms with Crippen LogP contribution in [0.5, 0.6) is 0 Å². The molecule has 1 amide bonds. The Morgan fingerprint density at radius 3 is 1.78 bits per heavy atom. The first-order valence-electron chi connectivity index (χ1n) is 14.9. The molecule has 46 heavy (non-hydrogen) atoms. The molecule has 3 heterocycles. The molecule has 0 spiro atoms. The van der Waals surface area contributed by atoms with Crippen LogP contribution < -0.4 is 10.2 Å². The molecule has 5 rings (SSSR count). The van der Waals surface area contributed by atoms with Gasteiger partial charge in [-0.05, 0) is 56.2 Å². The molecule has 0 saturated carbocycles. The van der Waals surface area contributed by atoms with Crippen molar-refractivity contribution >= 4 is 46.6 Å². The number of carbonyl (C=O) groups is 2. The second-order valence-electron chi connectivity index (χ2n) is 10.2. The first kappa shape index (κ1) is 34.2. The monoisotopic (exact) mass is 663 g/mol. The summed E-state index contributed by atoms with van der Waals surface area (Å²) in [5.74, 6) is 0.961. The number of carboxylic acids is 1. The zero-order valence-corrected chi connectivity index (χ0v) is 27.5. The summed E-state index contributed by atoms with van der Waals surface area (Å²) in [6, 6.07) is 18.0. The molecule has 0 bridgehead atoms. The number of oxazole rings is 2. The molecule has 0 atom stereocenters. The predicted octanol–water partition coefficient (Wildman–Crippen LogP) is 8.70. The number of amides is 1. The van der Waals surface area contributed by atoms with Crippen molar-refractivity contribution in [2.45, 2.75) is 46.5 Å². The largest absolute Gasteiger partial charge is 0.476 e. The summed E-state index contributed by atoms with van der Waals surface area (Å²) >= 11 is 12.3. The van der Waals surface area contributed by atoms with Gasteiger partial charge in [-0.1, -0.05) is 61.3 Å². The number of aromatic nitrogens is 3. The molecule has 0 aliphatic rings. The third-order valence-corrected chi connectivity index (χ3v) is 7.51. The molecule has 2 aromatic carbocycles. The second kappa shape index (κ2) is 16.1. The van der Waals surface area contributed by atoms with Crippen molar-refractivity contribution in [3.05, 3.63) is 99.8 Å². The molecular formula is C34H35Cl2N5O5. The molecule has 240 valence electrons. The number of aromatic carboxylic acids is 1. The number of hydrogen-bond acceptors (Lipinski definition) is 8. The van der Waals surface area contributed by atoms with Gasteiger partial charge >= 0.3 is 5.97 Å². The summed E-state index contributed by atoms with van der Waals surface area (Å²) < 4.78 is 11.4. The quantitative estimate of drug-likeness (QED) is 0.142. The molecule has 0 fully saturated rings. The highest BCUT2D eigenvalue weighted by Gasteiger charge is 2.22. The Morgan fingerprint density at radius 1 is 0.804 bits per heavy atom. The van der Waals surface area contributed by atoms with Gasteiger partial charge in [0.05, 0.1) is 33.1 Å². The van der Waals surface area contributed by atoms with Crippen LogP contribution in [0.3, 0.4) is 0 Å². The maximum absolute atomic E-state index is 12.8. The lowest BCUT2D eigenvalue weighted by atomic mass is 10.2. The van der Waals surface area contributed by atoms with Crippen LogP contribution in [-0.2, 0) is 12.8 Å². The van der Waals surface area contributed by atoms with Gasteiger partial charge < -0.3 is 24.2 Å². The van der Waals surface area contributed by atoms with E-state index in [4.69, 9.17) is 37.1 Å².